The molecule has 1 fully saturated rings. The molecule has 0 spiro atoms. The number of ether oxygens (including phenoxy) is 1. The third-order valence-electron chi connectivity index (χ3n) is 4.47. The minimum absolute atomic E-state index is 0.0106. The van der Waals surface area contributed by atoms with Gasteiger partial charge in [0.25, 0.3) is 0 Å². The van der Waals surface area contributed by atoms with Gasteiger partial charge in [-0.2, -0.15) is 0 Å². The Morgan fingerprint density at radius 2 is 1.70 bits per heavy atom. The van der Waals surface area contributed by atoms with E-state index in [1.807, 2.05) is 0 Å². The van der Waals surface area contributed by atoms with E-state index in [9.17, 15) is 0 Å². The Balaban J connectivity index is 1.85. The van der Waals surface area contributed by atoms with Crippen LogP contribution in [0.2, 0.25) is 0 Å². The van der Waals surface area contributed by atoms with Crippen LogP contribution in [-0.2, 0) is 4.74 Å². The molecule has 1 aliphatic rings. The molecule has 1 saturated carbocycles. The summed E-state index contributed by atoms with van der Waals surface area (Å²) >= 11 is 0. The van der Waals surface area contributed by atoms with Gasteiger partial charge < -0.3 is 10.5 Å². The molecule has 0 saturated heterocycles. The molecule has 0 radical (unpaired) electrons. The fourth-order valence-corrected chi connectivity index (χ4v) is 3.10. The van der Waals surface area contributed by atoms with Crippen molar-refractivity contribution in [2.45, 2.75) is 65.5 Å². The molecule has 2 heteroatoms. The number of hydrogen-bond acceptors (Lipinski definition) is 2. The zero-order valence-electron chi connectivity index (χ0n) is 13.4. The normalized spacial score (nSPS) is 20.9. The number of rotatable bonds is 4. The Hall–Kier alpha value is -0.860. The van der Waals surface area contributed by atoms with E-state index >= 15 is 0 Å². The van der Waals surface area contributed by atoms with Gasteiger partial charge in [0.1, 0.15) is 0 Å². The van der Waals surface area contributed by atoms with Crippen LogP contribution in [0.3, 0.4) is 0 Å². The maximum atomic E-state index is 6.28. The van der Waals surface area contributed by atoms with Crippen molar-refractivity contribution in [3.63, 3.8) is 0 Å². The fourth-order valence-electron chi connectivity index (χ4n) is 3.10. The Bertz CT molecular complexity index is 422. The third kappa shape index (κ3) is 4.32. The van der Waals surface area contributed by atoms with Crippen LogP contribution in [0.5, 0.6) is 0 Å². The average Bonchev–Trinajstić information content (AvgIpc) is 2.36. The zero-order chi connectivity index (χ0) is 14.8. The van der Waals surface area contributed by atoms with E-state index in [1.165, 1.54) is 42.4 Å². The van der Waals surface area contributed by atoms with Crippen molar-refractivity contribution in [1.29, 1.82) is 0 Å². The Labute approximate surface area is 123 Å². The van der Waals surface area contributed by atoms with Crippen molar-refractivity contribution in [2.24, 2.45) is 11.1 Å². The molecule has 1 aromatic carbocycles. The van der Waals surface area contributed by atoms with E-state index < -0.39 is 0 Å². The molecule has 0 heterocycles. The van der Waals surface area contributed by atoms with Gasteiger partial charge in [-0.05, 0) is 50.5 Å². The molecule has 0 amide bonds. The van der Waals surface area contributed by atoms with E-state index in [2.05, 4.69) is 45.9 Å². The lowest BCUT2D eigenvalue weighted by Crippen LogP contribution is -2.29. The third-order valence-corrected chi connectivity index (χ3v) is 4.47. The molecule has 20 heavy (non-hydrogen) atoms. The molecule has 1 aromatic rings. The largest absolute Gasteiger partial charge is 0.376 e. The summed E-state index contributed by atoms with van der Waals surface area (Å²) in [6, 6.07) is 6.51. The predicted octanol–water partition coefficient (Wildman–Crippen LogP) is 4.29. The summed E-state index contributed by atoms with van der Waals surface area (Å²) in [5, 5.41) is 0. The fraction of sp³-hybridized carbons (Fsp3) is 0.667. The summed E-state index contributed by atoms with van der Waals surface area (Å²) in [5.41, 5.74) is 10.5. The average molecular weight is 275 g/mol. The van der Waals surface area contributed by atoms with Gasteiger partial charge >= 0.3 is 0 Å². The van der Waals surface area contributed by atoms with Crippen molar-refractivity contribution >= 4 is 0 Å². The second-order valence-corrected chi connectivity index (χ2v) is 7.22. The van der Waals surface area contributed by atoms with Crippen LogP contribution in [0.1, 0.15) is 62.3 Å². The molecule has 1 aliphatic carbocycles. The highest BCUT2D eigenvalue weighted by Crippen LogP contribution is 2.36. The summed E-state index contributed by atoms with van der Waals surface area (Å²) < 4.78 is 6.05. The highest BCUT2D eigenvalue weighted by atomic mass is 16.5. The highest BCUT2D eigenvalue weighted by molar-refractivity contribution is 5.30. The molecule has 0 bridgehead atoms. The molecular weight excluding hydrogens is 246 g/mol. The van der Waals surface area contributed by atoms with Crippen molar-refractivity contribution < 1.29 is 4.74 Å². The number of benzene rings is 1. The second-order valence-electron chi connectivity index (χ2n) is 7.22. The first-order chi connectivity index (χ1) is 9.35. The van der Waals surface area contributed by atoms with E-state index in [4.69, 9.17) is 10.5 Å². The van der Waals surface area contributed by atoms with Gasteiger partial charge in [0.05, 0.1) is 18.8 Å². The summed E-state index contributed by atoms with van der Waals surface area (Å²) in [7, 11) is 0. The van der Waals surface area contributed by atoms with Gasteiger partial charge in [0.2, 0.25) is 0 Å². The van der Waals surface area contributed by atoms with Crippen LogP contribution < -0.4 is 5.73 Å². The minimum Gasteiger partial charge on any atom is -0.376 e. The second kappa shape index (κ2) is 6.28. The van der Waals surface area contributed by atoms with Crippen LogP contribution in [0.25, 0.3) is 0 Å². The molecular formula is C18H29NO. The first kappa shape index (κ1) is 15.5. The molecule has 1 atom stereocenters. The minimum atomic E-state index is -0.0106. The Morgan fingerprint density at radius 1 is 1.15 bits per heavy atom. The quantitative estimate of drug-likeness (QED) is 0.889. The van der Waals surface area contributed by atoms with E-state index in [0.717, 1.165) is 0 Å². The van der Waals surface area contributed by atoms with Gasteiger partial charge in [0, 0.05) is 0 Å². The van der Waals surface area contributed by atoms with Crippen LogP contribution in [0.4, 0.5) is 0 Å². The maximum absolute atomic E-state index is 6.28. The first-order valence-corrected chi connectivity index (χ1v) is 7.81. The lowest BCUT2D eigenvalue weighted by molar-refractivity contribution is -0.00185. The van der Waals surface area contributed by atoms with Crippen LogP contribution in [0.15, 0.2) is 18.2 Å². The monoisotopic (exact) mass is 275 g/mol. The highest BCUT2D eigenvalue weighted by Gasteiger charge is 2.27. The molecule has 2 nitrogen and oxygen atoms in total. The number of aryl methyl sites for hydroxylation is 2. The first-order valence-electron chi connectivity index (χ1n) is 7.81. The van der Waals surface area contributed by atoms with Crippen molar-refractivity contribution in [2.75, 3.05) is 6.61 Å². The van der Waals surface area contributed by atoms with Gasteiger partial charge in [0.15, 0.2) is 0 Å². The Kier molecular flexibility index (Phi) is 4.87. The molecule has 1 unspecified atom stereocenters. The van der Waals surface area contributed by atoms with Gasteiger partial charge in [-0.1, -0.05) is 43.2 Å². The molecule has 2 rings (SSSR count). The van der Waals surface area contributed by atoms with Gasteiger partial charge in [-0.3, -0.25) is 0 Å². The van der Waals surface area contributed by atoms with Crippen LogP contribution >= 0.6 is 0 Å². The van der Waals surface area contributed by atoms with Crippen LogP contribution in [0, 0.1) is 19.3 Å². The van der Waals surface area contributed by atoms with E-state index in [-0.39, 0.29) is 6.04 Å². The van der Waals surface area contributed by atoms with Crippen LogP contribution in [-0.4, -0.2) is 12.7 Å². The SMILES string of the molecule is Cc1cc(C)cc(C(N)COC2CCC(C)(C)CC2)c1. The smallest absolute Gasteiger partial charge is 0.0663 e. The van der Waals surface area contributed by atoms with Crippen molar-refractivity contribution in [3.05, 3.63) is 34.9 Å². The topological polar surface area (TPSA) is 35.2 Å². The maximum Gasteiger partial charge on any atom is 0.0663 e. The summed E-state index contributed by atoms with van der Waals surface area (Å²) in [5.74, 6) is 0. The van der Waals surface area contributed by atoms with E-state index in [1.54, 1.807) is 0 Å². The summed E-state index contributed by atoms with van der Waals surface area (Å²) in [6.45, 7) is 9.57. The Morgan fingerprint density at radius 3 is 2.25 bits per heavy atom. The lowest BCUT2D eigenvalue weighted by atomic mass is 9.76. The summed E-state index contributed by atoms with van der Waals surface area (Å²) in [4.78, 5) is 0. The van der Waals surface area contributed by atoms with Crippen molar-refractivity contribution in [1.82, 2.24) is 0 Å². The molecule has 2 N–H and O–H groups in total. The lowest BCUT2D eigenvalue weighted by Gasteiger charge is -2.34. The number of hydrogen-bond donors (Lipinski definition) is 1. The van der Waals surface area contributed by atoms with Gasteiger partial charge in [-0.15, -0.1) is 0 Å². The van der Waals surface area contributed by atoms with E-state index in [0.29, 0.717) is 18.1 Å². The standard InChI is InChI=1S/C18H29NO/c1-13-9-14(2)11-15(10-13)17(19)12-20-16-5-7-18(3,4)8-6-16/h9-11,16-17H,5-8,12,19H2,1-4H3. The predicted molar refractivity (Wildman–Crippen MR) is 84.8 cm³/mol. The molecule has 0 aromatic heterocycles. The van der Waals surface area contributed by atoms with Gasteiger partial charge in [-0.25, -0.2) is 0 Å². The molecule has 112 valence electrons. The van der Waals surface area contributed by atoms with Crippen molar-refractivity contribution in [3.8, 4) is 0 Å². The molecule has 0 aliphatic heterocycles. The number of nitrogens with two attached hydrogens (primary N) is 1. The zero-order valence-corrected chi connectivity index (χ0v) is 13.4. The summed E-state index contributed by atoms with van der Waals surface area (Å²) in [6.07, 6.45) is 5.27.